The molecule has 0 aliphatic heterocycles. The molecular weight excluding hydrogens is 278 g/mol. The number of hydrogen-bond donors (Lipinski definition) is 1. The van der Waals surface area contributed by atoms with E-state index in [9.17, 15) is 8.42 Å². The number of aromatic nitrogens is 3. The normalized spacial score (nSPS) is 11.4. The van der Waals surface area contributed by atoms with E-state index in [1.54, 1.807) is 24.5 Å². The molecule has 8 heteroatoms. The lowest BCUT2D eigenvalue weighted by atomic mass is 10.3. The van der Waals surface area contributed by atoms with Gasteiger partial charge in [-0.3, -0.25) is 10.1 Å². The van der Waals surface area contributed by atoms with Crippen molar-refractivity contribution in [2.75, 3.05) is 6.54 Å². The van der Waals surface area contributed by atoms with E-state index in [1.165, 1.54) is 16.6 Å². The van der Waals surface area contributed by atoms with Crippen molar-refractivity contribution < 1.29 is 8.42 Å². The molecule has 2 aromatic rings. The molecule has 0 radical (unpaired) electrons. The molecular formula is C12H13N5O2S. The number of rotatable bonds is 6. The van der Waals surface area contributed by atoms with E-state index in [2.05, 4.69) is 15.2 Å². The molecule has 2 aromatic heterocycles. The number of nitriles is 1. The number of H-pyrrole nitrogens is 1. The highest BCUT2D eigenvalue weighted by Crippen LogP contribution is 2.16. The molecule has 20 heavy (non-hydrogen) atoms. The van der Waals surface area contributed by atoms with Crippen LogP contribution in [0.4, 0.5) is 0 Å². The van der Waals surface area contributed by atoms with Crippen LogP contribution in [0, 0.1) is 11.3 Å². The van der Waals surface area contributed by atoms with Crippen molar-refractivity contribution in [3.63, 3.8) is 0 Å². The van der Waals surface area contributed by atoms with E-state index in [4.69, 9.17) is 5.26 Å². The highest BCUT2D eigenvalue weighted by Gasteiger charge is 2.25. The monoisotopic (exact) mass is 291 g/mol. The lowest BCUT2D eigenvalue weighted by Gasteiger charge is -2.19. The second-order valence-corrected chi connectivity index (χ2v) is 5.94. The van der Waals surface area contributed by atoms with Crippen molar-refractivity contribution in [1.29, 1.82) is 5.26 Å². The van der Waals surface area contributed by atoms with Gasteiger partial charge in [0.05, 0.1) is 12.3 Å². The van der Waals surface area contributed by atoms with Crippen molar-refractivity contribution in [2.45, 2.75) is 18.0 Å². The van der Waals surface area contributed by atoms with Crippen LogP contribution in [-0.4, -0.2) is 34.4 Å². The highest BCUT2D eigenvalue weighted by molar-refractivity contribution is 7.89. The van der Waals surface area contributed by atoms with Gasteiger partial charge in [0.1, 0.15) is 0 Å². The molecule has 0 atom stereocenters. The summed E-state index contributed by atoms with van der Waals surface area (Å²) in [5.41, 5.74) is 0.758. The van der Waals surface area contributed by atoms with Crippen molar-refractivity contribution in [3.05, 3.63) is 42.4 Å². The van der Waals surface area contributed by atoms with Crippen LogP contribution in [0.25, 0.3) is 0 Å². The summed E-state index contributed by atoms with van der Waals surface area (Å²) >= 11 is 0. The predicted molar refractivity (Wildman–Crippen MR) is 70.7 cm³/mol. The van der Waals surface area contributed by atoms with E-state index in [0.717, 1.165) is 5.56 Å². The summed E-state index contributed by atoms with van der Waals surface area (Å²) in [7, 11) is -3.69. The van der Waals surface area contributed by atoms with E-state index >= 15 is 0 Å². The number of sulfonamides is 1. The maximum atomic E-state index is 12.4. The quantitative estimate of drug-likeness (QED) is 0.852. The smallest absolute Gasteiger partial charge is 0.260 e. The van der Waals surface area contributed by atoms with Crippen molar-refractivity contribution in [1.82, 2.24) is 19.5 Å². The van der Waals surface area contributed by atoms with Crippen LogP contribution in [-0.2, 0) is 16.6 Å². The molecule has 104 valence electrons. The van der Waals surface area contributed by atoms with Gasteiger partial charge in [-0.05, 0) is 17.7 Å². The van der Waals surface area contributed by atoms with E-state index in [-0.39, 0.29) is 24.5 Å². The Bertz CT molecular complexity index is 676. The summed E-state index contributed by atoms with van der Waals surface area (Å²) in [6.45, 7) is 0.281. The fourth-order valence-corrected chi connectivity index (χ4v) is 3.01. The van der Waals surface area contributed by atoms with Gasteiger partial charge >= 0.3 is 0 Å². The maximum Gasteiger partial charge on any atom is 0.260 e. The summed E-state index contributed by atoms with van der Waals surface area (Å²) in [5, 5.41) is 14.8. The average molecular weight is 291 g/mol. The topological polar surface area (TPSA) is 103 Å². The van der Waals surface area contributed by atoms with E-state index in [1.807, 2.05) is 6.07 Å². The second kappa shape index (κ2) is 6.27. The minimum atomic E-state index is -3.69. The first kappa shape index (κ1) is 14.2. The molecule has 0 aliphatic carbocycles. The van der Waals surface area contributed by atoms with Crippen LogP contribution < -0.4 is 0 Å². The third-order valence-electron chi connectivity index (χ3n) is 2.65. The minimum absolute atomic E-state index is 0.0133. The average Bonchev–Trinajstić information content (AvgIpc) is 2.99. The fraction of sp³-hybridized carbons (Fsp3) is 0.250. The number of aromatic amines is 1. The van der Waals surface area contributed by atoms with Gasteiger partial charge in [0, 0.05) is 31.9 Å². The standard InChI is InChI=1S/C12H13N5O2S/c13-5-2-8-17(10-11-3-1-6-14-9-11)20(18,19)12-4-7-15-16-12/h1,3-4,6-7,9H,2,8,10H2,(H,15,16). The van der Waals surface area contributed by atoms with Gasteiger partial charge in [0.2, 0.25) is 0 Å². The predicted octanol–water partition coefficient (Wildman–Crippen LogP) is 0.909. The fourth-order valence-electron chi connectivity index (χ4n) is 1.68. The SMILES string of the molecule is N#CCCN(Cc1cccnc1)S(=O)(=O)c1ccn[nH]1. The Morgan fingerprint density at radius 1 is 1.35 bits per heavy atom. The summed E-state index contributed by atoms with van der Waals surface area (Å²) < 4.78 is 26.1. The number of pyridine rings is 1. The first-order valence-corrected chi connectivity index (χ1v) is 7.34. The Morgan fingerprint density at radius 2 is 2.20 bits per heavy atom. The van der Waals surface area contributed by atoms with E-state index < -0.39 is 10.0 Å². The van der Waals surface area contributed by atoms with Gasteiger partial charge in [0.15, 0.2) is 5.03 Å². The Morgan fingerprint density at radius 3 is 2.80 bits per heavy atom. The van der Waals surface area contributed by atoms with Crippen molar-refractivity contribution >= 4 is 10.0 Å². The molecule has 0 spiro atoms. The van der Waals surface area contributed by atoms with Gasteiger partial charge < -0.3 is 0 Å². The zero-order chi connectivity index (χ0) is 14.4. The van der Waals surface area contributed by atoms with Crippen LogP contribution in [0.3, 0.4) is 0 Å². The van der Waals surface area contributed by atoms with Crippen LogP contribution in [0.15, 0.2) is 41.8 Å². The third kappa shape index (κ3) is 3.20. The lowest BCUT2D eigenvalue weighted by Crippen LogP contribution is -2.31. The largest absolute Gasteiger partial charge is 0.266 e. The molecule has 1 N–H and O–H groups in total. The molecule has 0 aromatic carbocycles. The van der Waals surface area contributed by atoms with Crippen LogP contribution in [0.2, 0.25) is 0 Å². The molecule has 0 saturated carbocycles. The van der Waals surface area contributed by atoms with Gasteiger partial charge in [-0.15, -0.1) is 0 Å². The maximum absolute atomic E-state index is 12.4. The lowest BCUT2D eigenvalue weighted by molar-refractivity contribution is 0.410. The Labute approximate surface area is 116 Å². The summed E-state index contributed by atoms with van der Waals surface area (Å²) in [6.07, 6.45) is 4.71. The summed E-state index contributed by atoms with van der Waals surface area (Å²) in [5.74, 6) is 0. The van der Waals surface area contributed by atoms with Crippen molar-refractivity contribution in [2.24, 2.45) is 0 Å². The zero-order valence-electron chi connectivity index (χ0n) is 10.6. The second-order valence-electron chi connectivity index (χ2n) is 4.03. The number of nitrogens with one attached hydrogen (secondary N) is 1. The molecule has 0 saturated heterocycles. The molecule has 7 nitrogen and oxygen atoms in total. The first-order valence-electron chi connectivity index (χ1n) is 5.90. The third-order valence-corrected chi connectivity index (χ3v) is 4.42. The van der Waals surface area contributed by atoms with Crippen molar-refractivity contribution in [3.8, 4) is 6.07 Å². The van der Waals surface area contributed by atoms with Gasteiger partial charge in [-0.25, -0.2) is 8.42 Å². The molecule has 0 unspecified atom stereocenters. The van der Waals surface area contributed by atoms with Crippen LogP contribution in [0.5, 0.6) is 0 Å². The first-order chi connectivity index (χ1) is 9.64. The van der Waals surface area contributed by atoms with E-state index in [0.29, 0.717) is 0 Å². The summed E-state index contributed by atoms with van der Waals surface area (Å²) in [4.78, 5) is 3.96. The van der Waals surface area contributed by atoms with Gasteiger partial charge in [-0.2, -0.15) is 14.7 Å². The molecule has 0 bridgehead atoms. The molecule has 0 aliphatic rings. The highest BCUT2D eigenvalue weighted by atomic mass is 32.2. The minimum Gasteiger partial charge on any atom is -0.266 e. The Kier molecular flexibility index (Phi) is 4.45. The zero-order valence-corrected chi connectivity index (χ0v) is 11.4. The van der Waals surface area contributed by atoms with Crippen LogP contribution in [0.1, 0.15) is 12.0 Å². The van der Waals surface area contributed by atoms with Gasteiger partial charge in [0.25, 0.3) is 10.0 Å². The Balaban J connectivity index is 2.26. The van der Waals surface area contributed by atoms with Gasteiger partial charge in [-0.1, -0.05) is 6.07 Å². The Hall–Kier alpha value is -2.24. The molecule has 2 heterocycles. The molecule has 0 amide bonds. The molecule has 0 fully saturated rings. The molecule has 2 rings (SSSR count). The number of hydrogen-bond acceptors (Lipinski definition) is 5. The van der Waals surface area contributed by atoms with Crippen LogP contribution >= 0.6 is 0 Å². The number of nitrogens with zero attached hydrogens (tertiary/aromatic N) is 4. The summed E-state index contributed by atoms with van der Waals surface area (Å²) in [6, 6.07) is 6.86.